The van der Waals surface area contributed by atoms with Crippen molar-refractivity contribution < 1.29 is 18.6 Å². The zero-order valence-corrected chi connectivity index (χ0v) is 15.6. The Morgan fingerprint density at radius 2 is 2.10 bits per heavy atom. The van der Waals surface area contributed by atoms with Gasteiger partial charge in [0.1, 0.15) is 17.3 Å². The summed E-state index contributed by atoms with van der Waals surface area (Å²) in [6.07, 6.45) is 1.25. The first kappa shape index (κ1) is 18.8. The molecule has 0 saturated heterocycles. The molecule has 0 fully saturated rings. The van der Waals surface area contributed by atoms with Crippen LogP contribution < -0.4 is 10.1 Å². The minimum Gasteiger partial charge on any atom is -0.421 e. The molecule has 0 amide bonds. The van der Waals surface area contributed by atoms with E-state index in [1.165, 1.54) is 0 Å². The number of halogens is 2. The van der Waals surface area contributed by atoms with Crippen LogP contribution in [0, 0.1) is 11.6 Å². The average molecular weight is 400 g/mol. The lowest BCUT2D eigenvalue weighted by Gasteiger charge is -2.12. The number of ether oxygens (including phenoxy) is 1. The molecule has 8 nitrogen and oxygen atoms in total. The SMILES string of the molecule is CC(O)CNc1nc(Oc2ccc(F)cc2F)nc2[nH]nc(-c3cccn3C)c12. The van der Waals surface area contributed by atoms with Crippen LogP contribution in [-0.2, 0) is 7.05 Å². The van der Waals surface area contributed by atoms with Gasteiger partial charge in [0.25, 0.3) is 0 Å². The van der Waals surface area contributed by atoms with Crippen LogP contribution in [0.4, 0.5) is 14.6 Å². The van der Waals surface area contributed by atoms with Crippen molar-refractivity contribution >= 4 is 16.9 Å². The Bertz CT molecular complexity index is 1170. The van der Waals surface area contributed by atoms with Crippen LogP contribution in [0.25, 0.3) is 22.4 Å². The molecule has 0 radical (unpaired) electrons. The lowest BCUT2D eigenvalue weighted by atomic mass is 10.2. The maximum absolute atomic E-state index is 13.9. The number of nitrogens with one attached hydrogen (secondary N) is 2. The number of benzene rings is 1. The van der Waals surface area contributed by atoms with Gasteiger partial charge in [0, 0.05) is 25.9 Å². The number of aliphatic hydroxyl groups excluding tert-OH is 1. The third-order valence-corrected chi connectivity index (χ3v) is 4.25. The highest BCUT2D eigenvalue weighted by atomic mass is 19.1. The topological polar surface area (TPSA) is 101 Å². The van der Waals surface area contributed by atoms with Gasteiger partial charge in [0.05, 0.1) is 17.2 Å². The van der Waals surface area contributed by atoms with Crippen LogP contribution >= 0.6 is 0 Å². The van der Waals surface area contributed by atoms with Crippen molar-refractivity contribution in [1.82, 2.24) is 24.7 Å². The molecule has 0 saturated carbocycles. The maximum atomic E-state index is 13.9. The lowest BCUT2D eigenvalue weighted by Crippen LogP contribution is -2.16. The van der Waals surface area contributed by atoms with Crippen molar-refractivity contribution in [2.45, 2.75) is 13.0 Å². The largest absolute Gasteiger partial charge is 0.421 e. The predicted molar refractivity (Wildman–Crippen MR) is 103 cm³/mol. The fourth-order valence-corrected chi connectivity index (χ4v) is 2.88. The molecule has 4 aromatic rings. The van der Waals surface area contributed by atoms with E-state index in [9.17, 15) is 13.9 Å². The van der Waals surface area contributed by atoms with Crippen molar-refractivity contribution in [3.63, 3.8) is 0 Å². The van der Waals surface area contributed by atoms with Crippen molar-refractivity contribution in [1.29, 1.82) is 0 Å². The monoisotopic (exact) mass is 400 g/mol. The minimum absolute atomic E-state index is 0.154. The number of fused-ring (bicyclic) bond motifs is 1. The molecule has 0 spiro atoms. The van der Waals surface area contributed by atoms with Gasteiger partial charge in [-0.25, -0.2) is 8.78 Å². The van der Waals surface area contributed by atoms with Crippen LogP contribution in [0.5, 0.6) is 11.8 Å². The van der Waals surface area contributed by atoms with Gasteiger partial charge in [-0.15, -0.1) is 0 Å². The fourth-order valence-electron chi connectivity index (χ4n) is 2.88. The second-order valence-corrected chi connectivity index (χ2v) is 6.56. The number of aliphatic hydroxyl groups is 1. The number of rotatable bonds is 6. The first-order chi connectivity index (χ1) is 13.9. The lowest BCUT2D eigenvalue weighted by molar-refractivity contribution is 0.208. The van der Waals surface area contributed by atoms with Crippen LogP contribution in [0.2, 0.25) is 0 Å². The Labute approximate surface area is 164 Å². The second-order valence-electron chi connectivity index (χ2n) is 6.56. The maximum Gasteiger partial charge on any atom is 0.326 e. The number of nitrogens with zero attached hydrogens (tertiary/aromatic N) is 4. The third kappa shape index (κ3) is 3.74. The van der Waals surface area contributed by atoms with Crippen LogP contribution in [0.3, 0.4) is 0 Å². The molecule has 3 heterocycles. The minimum atomic E-state index is -0.874. The molecule has 3 aromatic heterocycles. The van der Waals surface area contributed by atoms with Gasteiger partial charge in [0.2, 0.25) is 0 Å². The Morgan fingerprint density at radius 3 is 2.79 bits per heavy atom. The highest BCUT2D eigenvalue weighted by Crippen LogP contribution is 2.33. The molecule has 1 aromatic carbocycles. The summed E-state index contributed by atoms with van der Waals surface area (Å²) in [5, 5.41) is 20.5. The zero-order chi connectivity index (χ0) is 20.5. The molecular weight excluding hydrogens is 382 g/mol. The van der Waals surface area contributed by atoms with Crippen LogP contribution in [-0.4, -0.2) is 42.5 Å². The van der Waals surface area contributed by atoms with E-state index in [1.807, 2.05) is 29.9 Å². The third-order valence-electron chi connectivity index (χ3n) is 4.25. The zero-order valence-electron chi connectivity index (χ0n) is 15.6. The van der Waals surface area contributed by atoms with E-state index < -0.39 is 17.7 Å². The van der Waals surface area contributed by atoms with Gasteiger partial charge in [-0.3, -0.25) is 5.10 Å². The Kier molecular flexibility index (Phi) is 4.85. The summed E-state index contributed by atoms with van der Waals surface area (Å²) >= 11 is 0. The Morgan fingerprint density at radius 1 is 1.28 bits per heavy atom. The molecule has 0 aliphatic carbocycles. The predicted octanol–water partition coefficient (Wildman–Crippen LogP) is 3.22. The summed E-state index contributed by atoms with van der Waals surface area (Å²) < 4.78 is 34.4. The van der Waals surface area contributed by atoms with Gasteiger partial charge < -0.3 is 19.7 Å². The van der Waals surface area contributed by atoms with Gasteiger partial charge in [-0.05, 0) is 31.2 Å². The van der Waals surface area contributed by atoms with Gasteiger partial charge in [-0.1, -0.05) is 0 Å². The van der Waals surface area contributed by atoms with E-state index in [0.717, 1.165) is 17.8 Å². The van der Waals surface area contributed by atoms with E-state index in [1.54, 1.807) is 6.92 Å². The number of aromatic amines is 1. The number of hydrogen-bond donors (Lipinski definition) is 3. The fraction of sp³-hybridized carbons (Fsp3) is 0.211. The molecule has 29 heavy (non-hydrogen) atoms. The molecule has 0 aliphatic heterocycles. The number of anilines is 1. The highest BCUT2D eigenvalue weighted by molar-refractivity contribution is 5.98. The van der Waals surface area contributed by atoms with E-state index in [2.05, 4.69) is 25.5 Å². The summed E-state index contributed by atoms with van der Waals surface area (Å²) in [6.45, 7) is 1.85. The second kappa shape index (κ2) is 7.47. The van der Waals surface area contributed by atoms with Crippen LogP contribution in [0.15, 0.2) is 36.5 Å². The molecule has 4 rings (SSSR count). The normalized spacial score (nSPS) is 12.3. The van der Waals surface area contributed by atoms with Crippen LogP contribution in [0.1, 0.15) is 6.92 Å². The number of aromatic nitrogens is 5. The summed E-state index contributed by atoms with van der Waals surface area (Å²) in [7, 11) is 1.88. The van der Waals surface area contributed by atoms with Crippen molar-refractivity contribution in [2.75, 3.05) is 11.9 Å². The van der Waals surface area contributed by atoms with E-state index in [4.69, 9.17) is 4.74 Å². The van der Waals surface area contributed by atoms with Crippen molar-refractivity contribution in [3.8, 4) is 23.1 Å². The summed E-state index contributed by atoms with van der Waals surface area (Å²) in [4.78, 5) is 8.58. The molecule has 150 valence electrons. The molecule has 3 N–H and O–H groups in total. The quantitative estimate of drug-likeness (QED) is 0.459. The Balaban J connectivity index is 1.80. The summed E-state index contributed by atoms with van der Waals surface area (Å²) in [5.41, 5.74) is 1.81. The van der Waals surface area contributed by atoms with E-state index >= 15 is 0 Å². The molecule has 1 atom stereocenters. The number of hydrogen-bond acceptors (Lipinski definition) is 6. The van der Waals surface area contributed by atoms with Crippen molar-refractivity contribution in [2.24, 2.45) is 7.05 Å². The highest BCUT2D eigenvalue weighted by Gasteiger charge is 2.20. The molecule has 0 aliphatic rings. The first-order valence-electron chi connectivity index (χ1n) is 8.85. The summed E-state index contributed by atoms with van der Waals surface area (Å²) in [6, 6.07) is 6.57. The standard InChI is InChI=1S/C19H18F2N6O2/c1-10(28)9-22-17-15-16(13-4-3-7-27(13)2)25-26-18(15)24-19(23-17)29-14-6-5-11(20)8-12(14)21/h3-8,10,28H,9H2,1-2H3,(H2,22,23,24,25,26). The number of H-pyrrole nitrogens is 1. The molecule has 10 heteroatoms. The first-order valence-corrected chi connectivity index (χ1v) is 8.85. The molecular formula is C19H18F2N6O2. The molecule has 1 unspecified atom stereocenters. The average Bonchev–Trinajstić information content (AvgIpc) is 3.27. The Hall–Kier alpha value is -3.53. The van der Waals surface area contributed by atoms with E-state index in [-0.39, 0.29) is 18.3 Å². The van der Waals surface area contributed by atoms with Gasteiger partial charge >= 0.3 is 6.01 Å². The van der Waals surface area contributed by atoms with E-state index in [0.29, 0.717) is 28.6 Å². The van der Waals surface area contributed by atoms with Crippen molar-refractivity contribution in [3.05, 3.63) is 48.2 Å². The molecule has 0 bridgehead atoms. The number of aryl methyl sites for hydroxylation is 1. The smallest absolute Gasteiger partial charge is 0.326 e. The summed E-state index contributed by atoms with van der Waals surface area (Å²) in [5.74, 6) is -1.44. The van der Waals surface area contributed by atoms with Gasteiger partial charge in [-0.2, -0.15) is 15.1 Å². The van der Waals surface area contributed by atoms with Gasteiger partial charge in [0.15, 0.2) is 17.2 Å².